The second kappa shape index (κ2) is 6.08. The summed E-state index contributed by atoms with van der Waals surface area (Å²) in [4.78, 5) is 0. The normalized spacial score (nSPS) is 11.5. The number of anilines is 1. The van der Waals surface area contributed by atoms with Gasteiger partial charge in [0.1, 0.15) is 19.2 Å². The lowest BCUT2D eigenvalue weighted by molar-refractivity contribution is 0.281. The summed E-state index contributed by atoms with van der Waals surface area (Å²) in [5, 5.41) is 8.95. The van der Waals surface area contributed by atoms with Gasteiger partial charge in [0, 0.05) is 12.3 Å². The highest BCUT2D eigenvalue weighted by molar-refractivity contribution is 7.63. The summed E-state index contributed by atoms with van der Waals surface area (Å²) in [6.45, 7) is 3.77. The minimum Gasteiger partial charge on any atom is -0.484 e. The molecular formula is C12H20NO3P. The quantitative estimate of drug-likeness (QED) is 0.606. The van der Waals surface area contributed by atoms with Crippen molar-refractivity contribution in [3.63, 3.8) is 0 Å². The van der Waals surface area contributed by atoms with E-state index in [2.05, 4.69) is 0 Å². The topological polar surface area (TPSA) is 72.5 Å². The third kappa shape index (κ3) is 3.76. The Balaban J connectivity index is 2.73. The zero-order valence-corrected chi connectivity index (χ0v) is 11.2. The number of nitrogens with two attached hydrogens (primary N) is 1. The van der Waals surface area contributed by atoms with Crippen LogP contribution in [0.5, 0.6) is 5.75 Å². The van der Waals surface area contributed by atoms with Crippen LogP contribution in [0.25, 0.3) is 0 Å². The first kappa shape index (κ1) is 14.1. The number of nitrogen functional groups attached to an aromatic ring is 1. The van der Waals surface area contributed by atoms with E-state index in [4.69, 9.17) is 15.6 Å². The molecule has 0 fully saturated rings. The zero-order valence-electron chi connectivity index (χ0n) is 10.3. The van der Waals surface area contributed by atoms with Gasteiger partial charge in [-0.25, -0.2) is 0 Å². The van der Waals surface area contributed by atoms with Crippen molar-refractivity contribution in [2.75, 3.05) is 24.4 Å². The lowest BCUT2D eigenvalue weighted by Gasteiger charge is -2.16. The minimum atomic E-state index is -2.21. The number of benzene rings is 1. The Bertz CT molecular complexity index is 412. The van der Waals surface area contributed by atoms with E-state index in [1.807, 2.05) is 13.8 Å². The Kier molecular flexibility index (Phi) is 5.03. The first-order chi connectivity index (χ1) is 8.04. The highest BCUT2D eigenvalue weighted by Gasteiger charge is 2.18. The SMILES string of the molecule is CCP(=O)(CC)COc1ccc(CO)cc1N. The second-order valence-corrected chi connectivity index (χ2v) is 7.63. The van der Waals surface area contributed by atoms with Crippen LogP contribution in [-0.2, 0) is 11.2 Å². The fourth-order valence-corrected chi connectivity index (χ4v) is 2.61. The van der Waals surface area contributed by atoms with Crippen molar-refractivity contribution >= 4 is 12.8 Å². The van der Waals surface area contributed by atoms with Crippen LogP contribution >= 0.6 is 7.14 Å². The van der Waals surface area contributed by atoms with Crippen LogP contribution < -0.4 is 10.5 Å². The molecule has 1 aromatic rings. The first-order valence-corrected chi connectivity index (χ1v) is 8.00. The average molecular weight is 257 g/mol. The summed E-state index contributed by atoms with van der Waals surface area (Å²) in [6, 6.07) is 5.11. The first-order valence-electron chi connectivity index (χ1n) is 5.73. The Hall–Kier alpha value is -0.990. The van der Waals surface area contributed by atoms with Crippen LogP contribution in [0.15, 0.2) is 18.2 Å². The maximum Gasteiger partial charge on any atom is 0.142 e. The monoisotopic (exact) mass is 257 g/mol. The molecule has 96 valence electrons. The predicted molar refractivity (Wildman–Crippen MR) is 71.0 cm³/mol. The predicted octanol–water partition coefficient (Wildman–Crippen LogP) is 2.50. The number of aliphatic hydroxyl groups excluding tert-OH is 1. The van der Waals surface area contributed by atoms with Crippen molar-refractivity contribution < 1.29 is 14.4 Å². The van der Waals surface area contributed by atoms with Crippen LogP contribution in [0.1, 0.15) is 19.4 Å². The van der Waals surface area contributed by atoms with Crippen molar-refractivity contribution in [1.29, 1.82) is 0 Å². The summed E-state index contributed by atoms with van der Waals surface area (Å²) in [7, 11) is -2.21. The molecule has 0 aromatic heterocycles. The lowest BCUT2D eigenvalue weighted by atomic mass is 10.2. The Morgan fingerprint density at radius 2 is 2.00 bits per heavy atom. The summed E-state index contributed by atoms with van der Waals surface area (Å²) in [5.41, 5.74) is 6.99. The van der Waals surface area contributed by atoms with Crippen LogP contribution in [0, 0.1) is 0 Å². The Morgan fingerprint density at radius 1 is 1.35 bits per heavy atom. The van der Waals surface area contributed by atoms with Gasteiger partial charge in [-0.15, -0.1) is 0 Å². The van der Waals surface area contributed by atoms with Crippen molar-refractivity contribution in [3.8, 4) is 5.75 Å². The lowest BCUT2D eigenvalue weighted by Crippen LogP contribution is -2.05. The van der Waals surface area contributed by atoms with Crippen LogP contribution in [-0.4, -0.2) is 23.8 Å². The highest BCUT2D eigenvalue weighted by Crippen LogP contribution is 2.44. The van der Waals surface area contributed by atoms with Crippen molar-refractivity contribution in [2.24, 2.45) is 0 Å². The molecule has 0 heterocycles. The molecule has 17 heavy (non-hydrogen) atoms. The van der Waals surface area contributed by atoms with Crippen LogP contribution in [0.2, 0.25) is 0 Å². The molecule has 0 radical (unpaired) electrons. The summed E-state index contributed by atoms with van der Waals surface area (Å²) >= 11 is 0. The molecule has 0 aliphatic carbocycles. The molecule has 1 rings (SSSR count). The van der Waals surface area contributed by atoms with Crippen molar-refractivity contribution in [3.05, 3.63) is 23.8 Å². The van der Waals surface area contributed by atoms with E-state index in [9.17, 15) is 4.57 Å². The van der Waals surface area contributed by atoms with E-state index in [1.54, 1.807) is 18.2 Å². The zero-order chi connectivity index (χ0) is 12.9. The number of hydrogen-bond acceptors (Lipinski definition) is 4. The van der Waals surface area contributed by atoms with Gasteiger partial charge in [0.2, 0.25) is 0 Å². The van der Waals surface area contributed by atoms with Crippen LogP contribution in [0.4, 0.5) is 5.69 Å². The third-order valence-electron chi connectivity index (χ3n) is 2.86. The van der Waals surface area contributed by atoms with Gasteiger partial charge in [-0.2, -0.15) is 0 Å². The van der Waals surface area contributed by atoms with Gasteiger partial charge in [-0.05, 0) is 17.7 Å². The Morgan fingerprint density at radius 3 is 2.47 bits per heavy atom. The standard InChI is InChI=1S/C12H20NO3P/c1-3-17(15,4-2)9-16-12-6-5-10(8-14)7-11(12)13/h5-7,14H,3-4,8-9,13H2,1-2H3. The Labute approximate surface area is 102 Å². The number of ether oxygens (including phenoxy) is 1. The summed E-state index contributed by atoms with van der Waals surface area (Å²) in [6.07, 6.45) is 1.50. The molecule has 1 aromatic carbocycles. The fourth-order valence-electron chi connectivity index (χ4n) is 1.42. The third-order valence-corrected chi connectivity index (χ3v) is 5.77. The molecule has 0 spiro atoms. The maximum absolute atomic E-state index is 12.2. The number of hydrogen-bond donors (Lipinski definition) is 2. The van der Waals surface area contributed by atoms with E-state index >= 15 is 0 Å². The van der Waals surface area contributed by atoms with E-state index in [1.165, 1.54) is 0 Å². The smallest absolute Gasteiger partial charge is 0.142 e. The van der Waals surface area contributed by atoms with Gasteiger partial charge >= 0.3 is 0 Å². The van der Waals surface area contributed by atoms with Gasteiger partial charge in [-0.1, -0.05) is 19.9 Å². The van der Waals surface area contributed by atoms with E-state index < -0.39 is 7.14 Å². The molecule has 4 nitrogen and oxygen atoms in total. The second-order valence-electron chi connectivity index (χ2n) is 3.99. The molecule has 0 aliphatic heterocycles. The van der Waals surface area contributed by atoms with E-state index in [0.717, 1.165) is 5.56 Å². The van der Waals surface area contributed by atoms with E-state index in [0.29, 0.717) is 23.8 Å². The molecule has 0 bridgehead atoms. The molecule has 0 saturated carbocycles. The van der Waals surface area contributed by atoms with Crippen LogP contribution in [0.3, 0.4) is 0 Å². The fraction of sp³-hybridized carbons (Fsp3) is 0.500. The molecular weight excluding hydrogens is 237 g/mol. The molecule has 3 N–H and O–H groups in total. The summed E-state index contributed by atoms with van der Waals surface area (Å²) in [5.74, 6) is 0.532. The largest absolute Gasteiger partial charge is 0.484 e. The van der Waals surface area contributed by atoms with Gasteiger partial charge in [0.25, 0.3) is 0 Å². The average Bonchev–Trinajstić information content (AvgIpc) is 2.36. The molecule has 0 amide bonds. The molecule has 0 saturated heterocycles. The molecule has 0 unspecified atom stereocenters. The number of rotatable bonds is 6. The minimum absolute atomic E-state index is 0.0487. The van der Waals surface area contributed by atoms with Crippen molar-refractivity contribution in [2.45, 2.75) is 20.5 Å². The molecule has 0 aliphatic rings. The molecule has 5 heteroatoms. The number of aliphatic hydroxyl groups is 1. The van der Waals surface area contributed by atoms with E-state index in [-0.39, 0.29) is 13.0 Å². The van der Waals surface area contributed by atoms with Gasteiger partial charge in [0.05, 0.1) is 12.3 Å². The maximum atomic E-state index is 12.2. The summed E-state index contributed by atoms with van der Waals surface area (Å²) < 4.78 is 17.7. The van der Waals surface area contributed by atoms with Gasteiger partial charge < -0.3 is 20.1 Å². The molecule has 0 atom stereocenters. The highest BCUT2D eigenvalue weighted by atomic mass is 31.2. The van der Waals surface area contributed by atoms with Gasteiger partial charge in [0.15, 0.2) is 0 Å². The van der Waals surface area contributed by atoms with Crippen molar-refractivity contribution in [1.82, 2.24) is 0 Å². The van der Waals surface area contributed by atoms with Gasteiger partial charge in [-0.3, -0.25) is 0 Å².